The summed E-state index contributed by atoms with van der Waals surface area (Å²) in [6, 6.07) is 0. The maximum absolute atomic E-state index is 9.36. The van der Waals surface area contributed by atoms with Crippen molar-refractivity contribution in [3.63, 3.8) is 0 Å². The average Bonchev–Trinajstić information content (AvgIpc) is 3.02. The molecule has 1 heteroatoms. The molecule has 1 unspecified atom stereocenters. The molecule has 2 fully saturated rings. The van der Waals surface area contributed by atoms with Crippen LogP contribution in [0.2, 0.25) is 0 Å². The molecular weight excluding hydrogens is 364 g/mol. The summed E-state index contributed by atoms with van der Waals surface area (Å²) >= 11 is 0. The third-order valence-corrected chi connectivity index (χ3v) is 11.5. The van der Waals surface area contributed by atoms with E-state index in [0.29, 0.717) is 22.2 Å². The molecule has 0 bridgehead atoms. The van der Waals surface area contributed by atoms with Crippen LogP contribution in [0.1, 0.15) is 119 Å². The van der Waals surface area contributed by atoms with Crippen LogP contribution >= 0.6 is 0 Å². The van der Waals surface area contributed by atoms with Gasteiger partial charge in [-0.05, 0) is 117 Å². The van der Waals surface area contributed by atoms with Crippen molar-refractivity contribution < 1.29 is 5.11 Å². The summed E-state index contributed by atoms with van der Waals surface area (Å²) in [5, 5.41) is 9.36. The molecule has 7 atom stereocenters. The van der Waals surface area contributed by atoms with Crippen molar-refractivity contribution in [1.29, 1.82) is 0 Å². The van der Waals surface area contributed by atoms with Crippen LogP contribution in [0.5, 0.6) is 0 Å². The molecule has 30 heavy (non-hydrogen) atoms. The summed E-state index contributed by atoms with van der Waals surface area (Å²) in [4.78, 5) is 0. The molecule has 0 aromatic heterocycles. The first-order chi connectivity index (χ1) is 14.2. The van der Waals surface area contributed by atoms with Gasteiger partial charge in [-0.2, -0.15) is 0 Å². The van der Waals surface area contributed by atoms with Gasteiger partial charge in [-0.3, -0.25) is 0 Å². The Kier molecular flexibility index (Phi) is 6.00. The SMILES string of the molecule is CC(=CO)[C@@H](C)CC[C@@H](C)[C@H]1CC[C@@]2(C)C3=C(CC[C@]12C)[C@@]1(C)CCCCC1CC3. The fourth-order valence-corrected chi connectivity index (χ4v) is 8.91. The minimum absolute atomic E-state index is 0.442. The predicted octanol–water partition coefficient (Wildman–Crippen LogP) is 9.00. The summed E-state index contributed by atoms with van der Waals surface area (Å²) in [5.74, 6) is 3.12. The molecule has 1 nitrogen and oxygen atoms in total. The Hall–Kier alpha value is -0.720. The molecule has 0 saturated heterocycles. The second-order valence-corrected chi connectivity index (χ2v) is 12.6. The van der Waals surface area contributed by atoms with Crippen LogP contribution in [-0.2, 0) is 0 Å². The maximum Gasteiger partial charge on any atom is 0.0783 e. The third kappa shape index (κ3) is 3.24. The van der Waals surface area contributed by atoms with Crippen LogP contribution in [0.25, 0.3) is 0 Å². The molecule has 4 aliphatic carbocycles. The van der Waals surface area contributed by atoms with E-state index in [1.54, 1.807) is 0 Å². The summed E-state index contributed by atoms with van der Waals surface area (Å²) in [6.07, 6.45) is 18.2. The van der Waals surface area contributed by atoms with Crippen molar-refractivity contribution in [2.45, 2.75) is 119 Å². The van der Waals surface area contributed by atoms with Crippen LogP contribution in [0, 0.1) is 39.9 Å². The Balaban J connectivity index is 1.56. The smallest absolute Gasteiger partial charge is 0.0783 e. The Morgan fingerprint density at radius 3 is 2.47 bits per heavy atom. The molecule has 0 spiro atoms. The molecule has 4 rings (SSSR count). The lowest BCUT2D eigenvalue weighted by atomic mass is 9.46. The highest BCUT2D eigenvalue weighted by atomic mass is 16.2. The molecule has 0 aliphatic heterocycles. The number of aliphatic hydroxyl groups excluding tert-OH is 1. The van der Waals surface area contributed by atoms with Gasteiger partial charge in [0.1, 0.15) is 0 Å². The summed E-state index contributed by atoms with van der Waals surface area (Å²) in [7, 11) is 0. The van der Waals surface area contributed by atoms with Gasteiger partial charge in [0.15, 0.2) is 0 Å². The number of fused-ring (bicyclic) bond motifs is 4. The van der Waals surface area contributed by atoms with Crippen LogP contribution < -0.4 is 0 Å². The van der Waals surface area contributed by atoms with E-state index in [2.05, 4.69) is 41.5 Å². The second kappa shape index (κ2) is 8.00. The molecule has 1 N–H and O–H groups in total. The maximum atomic E-state index is 9.36. The summed E-state index contributed by atoms with van der Waals surface area (Å²) < 4.78 is 0. The molecule has 0 radical (unpaired) electrons. The second-order valence-electron chi connectivity index (χ2n) is 12.6. The van der Waals surface area contributed by atoms with E-state index in [4.69, 9.17) is 0 Å². The van der Waals surface area contributed by atoms with Gasteiger partial charge in [-0.25, -0.2) is 0 Å². The summed E-state index contributed by atoms with van der Waals surface area (Å²) in [6.45, 7) is 14.9. The van der Waals surface area contributed by atoms with Crippen molar-refractivity contribution in [1.82, 2.24) is 0 Å². The van der Waals surface area contributed by atoms with E-state index < -0.39 is 0 Å². The van der Waals surface area contributed by atoms with Crippen molar-refractivity contribution >= 4 is 0 Å². The average molecular weight is 413 g/mol. The first kappa shape index (κ1) is 22.5. The largest absolute Gasteiger partial charge is 0.516 e. The van der Waals surface area contributed by atoms with Crippen molar-refractivity contribution in [3.05, 3.63) is 23.0 Å². The zero-order valence-corrected chi connectivity index (χ0v) is 20.8. The van der Waals surface area contributed by atoms with E-state index in [0.717, 1.165) is 23.3 Å². The van der Waals surface area contributed by atoms with Crippen LogP contribution in [-0.4, -0.2) is 5.11 Å². The number of allylic oxidation sites excluding steroid dienone is 3. The lowest BCUT2D eigenvalue weighted by molar-refractivity contribution is 0.0189. The standard InChI is InChI=1S/C29H48O/c1-20(22(3)19-30)10-11-21(2)24-14-17-29(6)26-13-12-23-9-7-8-16-27(23,4)25(26)15-18-28(24,29)5/h19-21,23-24,30H,7-18H2,1-6H3/t20-,21+,23?,24+,27-,28+,29-/m0/s1. The minimum Gasteiger partial charge on any atom is -0.516 e. The van der Waals surface area contributed by atoms with Gasteiger partial charge in [0.2, 0.25) is 0 Å². The van der Waals surface area contributed by atoms with Gasteiger partial charge in [0.05, 0.1) is 6.26 Å². The Labute approximate surface area is 186 Å². The van der Waals surface area contributed by atoms with Crippen molar-refractivity contribution in [2.75, 3.05) is 0 Å². The van der Waals surface area contributed by atoms with E-state index >= 15 is 0 Å². The van der Waals surface area contributed by atoms with E-state index in [1.807, 2.05) is 11.1 Å². The topological polar surface area (TPSA) is 20.2 Å². The molecule has 0 heterocycles. The highest BCUT2D eigenvalue weighted by Crippen LogP contribution is 2.71. The minimum atomic E-state index is 0.442. The number of aliphatic hydroxyl groups is 1. The lowest BCUT2D eigenvalue weighted by Gasteiger charge is -2.58. The number of hydrogen-bond donors (Lipinski definition) is 1. The molecule has 170 valence electrons. The van der Waals surface area contributed by atoms with Gasteiger partial charge in [0.25, 0.3) is 0 Å². The number of hydrogen-bond acceptors (Lipinski definition) is 1. The normalized spacial score (nSPS) is 43.6. The molecule has 0 amide bonds. The monoisotopic (exact) mass is 412 g/mol. The molecule has 0 aromatic carbocycles. The molecule has 4 aliphatic rings. The third-order valence-electron chi connectivity index (χ3n) is 11.5. The Morgan fingerprint density at radius 2 is 1.73 bits per heavy atom. The van der Waals surface area contributed by atoms with E-state index in [9.17, 15) is 5.11 Å². The van der Waals surface area contributed by atoms with Gasteiger partial charge in [0, 0.05) is 0 Å². The fourth-order valence-electron chi connectivity index (χ4n) is 8.91. The van der Waals surface area contributed by atoms with Gasteiger partial charge >= 0.3 is 0 Å². The van der Waals surface area contributed by atoms with Crippen LogP contribution in [0.3, 0.4) is 0 Å². The van der Waals surface area contributed by atoms with Gasteiger partial charge in [-0.1, -0.05) is 58.6 Å². The van der Waals surface area contributed by atoms with Crippen LogP contribution in [0.4, 0.5) is 0 Å². The van der Waals surface area contributed by atoms with Crippen LogP contribution in [0.15, 0.2) is 23.0 Å². The van der Waals surface area contributed by atoms with E-state index in [-0.39, 0.29) is 0 Å². The highest BCUT2D eigenvalue weighted by Gasteiger charge is 2.61. The Morgan fingerprint density at radius 1 is 0.967 bits per heavy atom. The molecule has 2 saturated carbocycles. The first-order valence-corrected chi connectivity index (χ1v) is 13.2. The zero-order valence-electron chi connectivity index (χ0n) is 20.8. The Bertz CT molecular complexity index is 716. The van der Waals surface area contributed by atoms with Crippen molar-refractivity contribution in [2.24, 2.45) is 39.9 Å². The summed E-state index contributed by atoms with van der Waals surface area (Å²) in [5.41, 5.74) is 6.48. The zero-order chi connectivity index (χ0) is 21.7. The molecular formula is C29H48O. The van der Waals surface area contributed by atoms with E-state index in [1.165, 1.54) is 83.3 Å². The highest BCUT2D eigenvalue weighted by molar-refractivity contribution is 5.37. The molecule has 0 aromatic rings. The lowest BCUT2D eigenvalue weighted by Crippen LogP contribution is -2.48. The quantitative estimate of drug-likeness (QED) is 0.353. The van der Waals surface area contributed by atoms with Crippen molar-refractivity contribution in [3.8, 4) is 0 Å². The predicted molar refractivity (Wildman–Crippen MR) is 128 cm³/mol. The fraction of sp³-hybridized carbons (Fsp3) is 0.862. The number of rotatable bonds is 5. The first-order valence-electron chi connectivity index (χ1n) is 13.2. The van der Waals surface area contributed by atoms with Gasteiger partial charge < -0.3 is 5.11 Å². The van der Waals surface area contributed by atoms with Gasteiger partial charge in [-0.15, -0.1) is 0 Å².